The summed E-state index contributed by atoms with van der Waals surface area (Å²) in [6.07, 6.45) is -3.04. The first-order valence-electron chi connectivity index (χ1n) is 10.2. The topological polar surface area (TPSA) is 96.2 Å². The molecule has 34 heavy (non-hydrogen) atoms. The first kappa shape index (κ1) is 22.8. The zero-order valence-corrected chi connectivity index (χ0v) is 17.6. The number of nitrogens with zero attached hydrogens (tertiary/aromatic N) is 2. The Morgan fingerprint density at radius 3 is 2.24 bits per heavy atom. The highest BCUT2D eigenvalue weighted by molar-refractivity contribution is 6.00. The lowest BCUT2D eigenvalue weighted by atomic mass is 10.0. The van der Waals surface area contributed by atoms with Gasteiger partial charge < -0.3 is 20.3 Å². The number of aliphatic carboxylic acids is 1. The molecule has 0 aliphatic carbocycles. The van der Waals surface area contributed by atoms with Crippen molar-refractivity contribution in [2.45, 2.75) is 18.6 Å². The molecule has 0 bridgehead atoms. The SMILES string of the molecule is O=C(O)CC(c1ccccc1)n1cnc2cc(NC(=O)Nc3ccc(C(F)(F)F)cc3)ccc21. The van der Waals surface area contributed by atoms with Crippen molar-refractivity contribution in [3.63, 3.8) is 0 Å². The van der Waals surface area contributed by atoms with E-state index in [1.807, 2.05) is 30.3 Å². The van der Waals surface area contributed by atoms with Gasteiger partial charge in [0.15, 0.2) is 0 Å². The molecule has 2 amide bonds. The van der Waals surface area contributed by atoms with Crippen LogP contribution in [-0.2, 0) is 11.0 Å². The Morgan fingerprint density at radius 2 is 1.59 bits per heavy atom. The molecule has 3 aromatic carbocycles. The van der Waals surface area contributed by atoms with Crippen molar-refractivity contribution in [3.05, 3.63) is 90.3 Å². The first-order valence-corrected chi connectivity index (χ1v) is 10.2. The fourth-order valence-electron chi connectivity index (χ4n) is 3.61. The second-order valence-corrected chi connectivity index (χ2v) is 7.53. The van der Waals surface area contributed by atoms with E-state index in [4.69, 9.17) is 0 Å². The van der Waals surface area contributed by atoms with E-state index in [9.17, 15) is 27.9 Å². The van der Waals surface area contributed by atoms with E-state index in [2.05, 4.69) is 15.6 Å². The van der Waals surface area contributed by atoms with Crippen LogP contribution < -0.4 is 10.6 Å². The van der Waals surface area contributed by atoms with Gasteiger partial charge in [0.05, 0.1) is 35.4 Å². The van der Waals surface area contributed by atoms with Crippen molar-refractivity contribution in [2.75, 3.05) is 10.6 Å². The van der Waals surface area contributed by atoms with Crippen LogP contribution in [0.2, 0.25) is 0 Å². The molecule has 0 aliphatic heterocycles. The number of hydrogen-bond acceptors (Lipinski definition) is 3. The Balaban J connectivity index is 1.51. The number of aromatic nitrogens is 2. The number of carboxylic acids is 1. The summed E-state index contributed by atoms with van der Waals surface area (Å²) < 4.78 is 39.8. The lowest BCUT2D eigenvalue weighted by molar-refractivity contribution is -0.138. The van der Waals surface area contributed by atoms with E-state index in [1.165, 1.54) is 12.1 Å². The number of urea groups is 1. The fraction of sp³-hybridized carbons (Fsp3) is 0.125. The molecule has 0 radical (unpaired) electrons. The molecule has 1 aromatic heterocycles. The zero-order valence-electron chi connectivity index (χ0n) is 17.6. The van der Waals surface area contributed by atoms with Crippen molar-refractivity contribution in [1.82, 2.24) is 9.55 Å². The van der Waals surface area contributed by atoms with Gasteiger partial charge in [-0.2, -0.15) is 13.2 Å². The minimum atomic E-state index is -4.45. The third kappa shape index (κ3) is 5.17. The van der Waals surface area contributed by atoms with Gasteiger partial charge in [-0.05, 0) is 48.0 Å². The molecule has 1 heterocycles. The maximum atomic E-state index is 12.7. The number of rotatable bonds is 6. The highest BCUT2D eigenvalue weighted by atomic mass is 19.4. The molecular formula is C24H19F3N4O3. The maximum Gasteiger partial charge on any atom is 0.416 e. The van der Waals surface area contributed by atoms with Crippen LogP contribution in [0.5, 0.6) is 0 Å². The van der Waals surface area contributed by atoms with Crippen molar-refractivity contribution in [3.8, 4) is 0 Å². The predicted octanol–water partition coefficient (Wildman–Crippen LogP) is 5.76. The summed E-state index contributed by atoms with van der Waals surface area (Å²) in [6, 6.07) is 17.2. The minimum absolute atomic E-state index is 0.134. The standard InChI is InChI=1S/C24H19F3N4O3/c25-24(26,27)16-6-8-17(9-7-16)29-23(34)30-18-10-11-20-19(12-18)28-14-31(20)21(13-22(32)33)15-4-2-1-3-5-15/h1-12,14,21H,13H2,(H,32,33)(H2,29,30,34). The molecule has 4 aromatic rings. The van der Waals surface area contributed by atoms with Gasteiger partial charge in [0.1, 0.15) is 0 Å². The van der Waals surface area contributed by atoms with Gasteiger partial charge in [0.2, 0.25) is 0 Å². The van der Waals surface area contributed by atoms with Gasteiger partial charge in [-0.15, -0.1) is 0 Å². The molecule has 10 heteroatoms. The van der Waals surface area contributed by atoms with Crippen molar-refractivity contribution in [2.24, 2.45) is 0 Å². The number of alkyl halides is 3. The van der Waals surface area contributed by atoms with Crippen LogP contribution in [0.15, 0.2) is 79.1 Å². The van der Waals surface area contributed by atoms with E-state index < -0.39 is 29.8 Å². The van der Waals surface area contributed by atoms with Crippen LogP contribution in [0.3, 0.4) is 0 Å². The third-order valence-electron chi connectivity index (χ3n) is 5.19. The van der Waals surface area contributed by atoms with Gasteiger partial charge >= 0.3 is 18.2 Å². The summed E-state index contributed by atoms with van der Waals surface area (Å²) in [5, 5.41) is 14.5. The number of carboxylic acid groups (broad SMARTS) is 1. The number of hydrogen-bond donors (Lipinski definition) is 3. The average molecular weight is 468 g/mol. The Bertz CT molecular complexity index is 1320. The zero-order chi connectivity index (χ0) is 24.3. The molecule has 0 spiro atoms. The molecule has 7 nitrogen and oxygen atoms in total. The van der Waals surface area contributed by atoms with Gasteiger partial charge in [-0.3, -0.25) is 4.79 Å². The smallest absolute Gasteiger partial charge is 0.416 e. The van der Waals surface area contributed by atoms with Crippen molar-refractivity contribution in [1.29, 1.82) is 0 Å². The number of carbonyl (C=O) groups excluding carboxylic acids is 1. The quantitative estimate of drug-likeness (QED) is 0.335. The van der Waals surface area contributed by atoms with Crippen LogP contribution in [0.4, 0.5) is 29.3 Å². The van der Waals surface area contributed by atoms with Crippen LogP contribution in [-0.4, -0.2) is 26.7 Å². The molecular weight excluding hydrogens is 449 g/mol. The molecule has 0 aliphatic rings. The Morgan fingerprint density at radius 1 is 0.941 bits per heavy atom. The number of benzene rings is 3. The largest absolute Gasteiger partial charge is 0.481 e. The molecule has 0 saturated heterocycles. The Kier molecular flexibility index (Phi) is 6.22. The Labute approximate surface area is 191 Å². The van der Waals surface area contributed by atoms with E-state index in [1.54, 1.807) is 29.1 Å². The van der Waals surface area contributed by atoms with Gasteiger partial charge in [0, 0.05) is 11.4 Å². The van der Waals surface area contributed by atoms with E-state index in [-0.39, 0.29) is 12.1 Å². The highest BCUT2D eigenvalue weighted by Crippen LogP contribution is 2.30. The van der Waals surface area contributed by atoms with Crippen molar-refractivity contribution < 1.29 is 27.9 Å². The van der Waals surface area contributed by atoms with Crippen LogP contribution in [0.25, 0.3) is 11.0 Å². The summed E-state index contributed by atoms with van der Waals surface area (Å²) in [4.78, 5) is 28.1. The molecule has 0 saturated carbocycles. The molecule has 174 valence electrons. The second-order valence-electron chi connectivity index (χ2n) is 7.53. The first-order chi connectivity index (χ1) is 16.2. The molecule has 1 unspecified atom stereocenters. The van der Waals surface area contributed by atoms with E-state index in [0.717, 1.165) is 17.7 Å². The van der Waals surface area contributed by atoms with Crippen LogP contribution in [0.1, 0.15) is 23.6 Å². The molecule has 0 fully saturated rings. The third-order valence-corrected chi connectivity index (χ3v) is 5.19. The fourth-order valence-corrected chi connectivity index (χ4v) is 3.61. The Hall–Kier alpha value is -4.34. The highest BCUT2D eigenvalue weighted by Gasteiger charge is 2.30. The number of fused-ring (bicyclic) bond motifs is 1. The number of nitrogens with one attached hydrogen (secondary N) is 2. The van der Waals surface area contributed by atoms with Crippen LogP contribution >= 0.6 is 0 Å². The summed E-state index contributed by atoms with van der Waals surface area (Å²) in [5.41, 5.74) is 1.85. The molecule has 4 rings (SSSR count). The van der Waals surface area contributed by atoms with Crippen molar-refractivity contribution >= 4 is 34.4 Å². The summed E-state index contributed by atoms with van der Waals surface area (Å²) in [5.74, 6) is -0.950. The predicted molar refractivity (Wildman–Crippen MR) is 121 cm³/mol. The van der Waals surface area contributed by atoms with Crippen LogP contribution in [0, 0.1) is 0 Å². The minimum Gasteiger partial charge on any atom is -0.481 e. The molecule has 1 atom stereocenters. The number of anilines is 2. The second kappa shape index (κ2) is 9.26. The summed E-state index contributed by atoms with van der Waals surface area (Å²) >= 11 is 0. The summed E-state index contributed by atoms with van der Waals surface area (Å²) in [6.45, 7) is 0. The average Bonchev–Trinajstić information content (AvgIpc) is 3.20. The van der Waals surface area contributed by atoms with Gasteiger partial charge in [-0.25, -0.2) is 9.78 Å². The number of halogens is 3. The molecule has 3 N–H and O–H groups in total. The lowest BCUT2D eigenvalue weighted by Crippen LogP contribution is -2.19. The normalized spacial score (nSPS) is 12.3. The number of amides is 2. The van der Waals surface area contributed by atoms with E-state index >= 15 is 0 Å². The number of carbonyl (C=O) groups is 2. The maximum absolute atomic E-state index is 12.7. The summed E-state index contributed by atoms with van der Waals surface area (Å²) in [7, 11) is 0. The number of imidazole rings is 1. The lowest BCUT2D eigenvalue weighted by Gasteiger charge is -2.18. The van der Waals surface area contributed by atoms with Gasteiger partial charge in [-0.1, -0.05) is 30.3 Å². The van der Waals surface area contributed by atoms with Gasteiger partial charge in [0.25, 0.3) is 0 Å². The van der Waals surface area contributed by atoms with E-state index in [0.29, 0.717) is 16.7 Å². The monoisotopic (exact) mass is 468 g/mol.